The molecule has 1 unspecified atom stereocenters. The summed E-state index contributed by atoms with van der Waals surface area (Å²) in [5, 5.41) is 3.02. The van der Waals surface area contributed by atoms with Crippen molar-refractivity contribution in [3.05, 3.63) is 84.4 Å². The fourth-order valence-electron chi connectivity index (χ4n) is 3.99. The number of amides is 1. The molecule has 3 aromatic rings. The van der Waals surface area contributed by atoms with Crippen LogP contribution in [-0.2, 0) is 11.2 Å². The van der Waals surface area contributed by atoms with Crippen LogP contribution in [0.5, 0.6) is 0 Å². The maximum absolute atomic E-state index is 12.5. The van der Waals surface area contributed by atoms with Gasteiger partial charge in [0.1, 0.15) is 0 Å². The van der Waals surface area contributed by atoms with Crippen LogP contribution in [0.25, 0.3) is 11.1 Å². The van der Waals surface area contributed by atoms with Crippen LogP contribution in [-0.4, -0.2) is 44.0 Å². The van der Waals surface area contributed by atoms with Gasteiger partial charge in [-0.15, -0.1) is 0 Å². The summed E-state index contributed by atoms with van der Waals surface area (Å²) in [4.78, 5) is 17.2. The number of likely N-dealkylation sites (N-methyl/N-ethyl adjacent to an activating group) is 1. The standard InChI is InChI=1S/C26H29N3O/c1-28(2)25-16-17-29(19-25)24-14-12-23(13-15-24)27-26(30)18-20-8-10-22(11-9-20)21-6-4-3-5-7-21/h3-15,25H,16-19H2,1-2H3,(H,27,30). The molecule has 0 bridgehead atoms. The largest absolute Gasteiger partial charge is 0.370 e. The molecule has 0 spiro atoms. The second-order valence-corrected chi connectivity index (χ2v) is 8.19. The lowest BCUT2D eigenvalue weighted by Gasteiger charge is -2.22. The van der Waals surface area contributed by atoms with E-state index in [-0.39, 0.29) is 5.91 Å². The van der Waals surface area contributed by atoms with Crippen molar-refractivity contribution in [2.24, 2.45) is 0 Å². The highest BCUT2D eigenvalue weighted by Crippen LogP contribution is 2.24. The molecule has 30 heavy (non-hydrogen) atoms. The fourth-order valence-corrected chi connectivity index (χ4v) is 3.99. The highest BCUT2D eigenvalue weighted by molar-refractivity contribution is 5.92. The molecule has 4 rings (SSSR count). The van der Waals surface area contributed by atoms with Gasteiger partial charge in [0, 0.05) is 30.5 Å². The van der Waals surface area contributed by atoms with E-state index in [9.17, 15) is 4.79 Å². The van der Waals surface area contributed by atoms with Gasteiger partial charge in [-0.2, -0.15) is 0 Å². The lowest BCUT2D eigenvalue weighted by atomic mass is 10.0. The Morgan fingerprint density at radius 2 is 1.60 bits per heavy atom. The molecule has 1 heterocycles. The molecule has 154 valence electrons. The SMILES string of the molecule is CN(C)C1CCN(c2ccc(NC(=O)Cc3ccc(-c4ccccc4)cc3)cc2)C1. The van der Waals surface area contributed by atoms with E-state index in [1.807, 2.05) is 42.5 Å². The number of anilines is 2. The molecule has 1 aliphatic rings. The minimum Gasteiger partial charge on any atom is -0.370 e. The highest BCUT2D eigenvalue weighted by atomic mass is 16.1. The Balaban J connectivity index is 1.32. The Bertz CT molecular complexity index is 965. The molecule has 3 aromatic carbocycles. The first-order valence-electron chi connectivity index (χ1n) is 10.5. The molecule has 1 amide bonds. The van der Waals surface area contributed by atoms with Crippen LogP contribution < -0.4 is 10.2 Å². The summed E-state index contributed by atoms with van der Waals surface area (Å²) in [6.45, 7) is 2.13. The van der Waals surface area contributed by atoms with Crippen molar-refractivity contribution < 1.29 is 4.79 Å². The van der Waals surface area contributed by atoms with Crippen molar-refractivity contribution >= 4 is 17.3 Å². The third-order valence-electron chi connectivity index (χ3n) is 5.84. The zero-order valence-corrected chi connectivity index (χ0v) is 17.7. The minimum absolute atomic E-state index is 0.00376. The molecule has 1 N–H and O–H groups in total. The Morgan fingerprint density at radius 1 is 0.933 bits per heavy atom. The first kappa shape index (κ1) is 20.2. The van der Waals surface area contributed by atoms with Gasteiger partial charge in [-0.3, -0.25) is 4.79 Å². The van der Waals surface area contributed by atoms with Gasteiger partial charge in [0.25, 0.3) is 0 Å². The number of rotatable bonds is 6. The number of carbonyl (C=O) groups excluding carboxylic acids is 1. The summed E-state index contributed by atoms with van der Waals surface area (Å²) in [7, 11) is 4.28. The lowest BCUT2D eigenvalue weighted by Crippen LogP contribution is -2.31. The van der Waals surface area contributed by atoms with E-state index < -0.39 is 0 Å². The van der Waals surface area contributed by atoms with Gasteiger partial charge in [-0.25, -0.2) is 0 Å². The van der Waals surface area contributed by atoms with Gasteiger partial charge >= 0.3 is 0 Å². The van der Waals surface area contributed by atoms with Crippen molar-refractivity contribution in [2.45, 2.75) is 18.9 Å². The molecule has 0 radical (unpaired) electrons. The first-order chi connectivity index (χ1) is 14.6. The predicted octanol–water partition coefficient (Wildman–Crippen LogP) is 4.68. The number of nitrogens with one attached hydrogen (secondary N) is 1. The summed E-state index contributed by atoms with van der Waals surface area (Å²) in [5.74, 6) is 0.00376. The maximum atomic E-state index is 12.5. The van der Waals surface area contributed by atoms with Crippen LogP contribution in [0.3, 0.4) is 0 Å². The number of carbonyl (C=O) groups is 1. The molecule has 0 saturated carbocycles. The molecule has 4 nitrogen and oxygen atoms in total. The number of nitrogens with zero attached hydrogens (tertiary/aromatic N) is 2. The maximum Gasteiger partial charge on any atom is 0.228 e. The van der Waals surface area contributed by atoms with Crippen LogP contribution in [0, 0.1) is 0 Å². The van der Waals surface area contributed by atoms with Crippen LogP contribution >= 0.6 is 0 Å². The number of benzene rings is 3. The van der Waals surface area contributed by atoms with Crippen LogP contribution in [0.15, 0.2) is 78.9 Å². The number of hydrogen-bond donors (Lipinski definition) is 1. The summed E-state index contributed by atoms with van der Waals surface area (Å²) in [6, 6.07) is 27.3. The fraction of sp³-hybridized carbons (Fsp3) is 0.269. The Morgan fingerprint density at radius 3 is 2.23 bits per heavy atom. The van der Waals surface area contributed by atoms with Gasteiger partial charge in [0.2, 0.25) is 5.91 Å². The summed E-state index contributed by atoms with van der Waals surface area (Å²) >= 11 is 0. The molecular weight excluding hydrogens is 370 g/mol. The second kappa shape index (κ2) is 9.14. The second-order valence-electron chi connectivity index (χ2n) is 8.19. The topological polar surface area (TPSA) is 35.6 Å². The Labute approximate surface area is 179 Å². The van der Waals surface area contributed by atoms with Gasteiger partial charge in [-0.1, -0.05) is 54.6 Å². The van der Waals surface area contributed by atoms with Crippen LogP contribution in [0.2, 0.25) is 0 Å². The van der Waals surface area contributed by atoms with Gasteiger partial charge in [-0.05, 0) is 61.5 Å². The smallest absolute Gasteiger partial charge is 0.228 e. The van der Waals surface area contributed by atoms with Crippen LogP contribution in [0.1, 0.15) is 12.0 Å². The van der Waals surface area contributed by atoms with Gasteiger partial charge in [0.05, 0.1) is 6.42 Å². The van der Waals surface area contributed by atoms with Crippen molar-refractivity contribution in [2.75, 3.05) is 37.4 Å². The quantitative estimate of drug-likeness (QED) is 0.654. The van der Waals surface area contributed by atoms with E-state index in [1.165, 1.54) is 17.7 Å². The van der Waals surface area contributed by atoms with Gasteiger partial charge in [0.15, 0.2) is 0 Å². The van der Waals surface area contributed by atoms with Crippen LogP contribution in [0.4, 0.5) is 11.4 Å². The van der Waals surface area contributed by atoms with E-state index >= 15 is 0 Å². The average molecular weight is 400 g/mol. The zero-order chi connectivity index (χ0) is 20.9. The lowest BCUT2D eigenvalue weighted by molar-refractivity contribution is -0.115. The molecular formula is C26H29N3O. The Kier molecular flexibility index (Phi) is 6.15. The average Bonchev–Trinajstić information content (AvgIpc) is 3.26. The molecule has 0 aliphatic carbocycles. The first-order valence-corrected chi connectivity index (χ1v) is 10.5. The number of hydrogen-bond acceptors (Lipinski definition) is 3. The molecule has 1 fully saturated rings. The molecule has 1 aliphatic heterocycles. The van der Waals surface area contributed by atoms with Crippen molar-refractivity contribution in [1.29, 1.82) is 0 Å². The third-order valence-corrected chi connectivity index (χ3v) is 5.84. The Hall–Kier alpha value is -3.11. The highest BCUT2D eigenvalue weighted by Gasteiger charge is 2.23. The molecule has 4 heteroatoms. The third kappa shape index (κ3) is 4.89. The zero-order valence-electron chi connectivity index (χ0n) is 17.7. The summed E-state index contributed by atoms with van der Waals surface area (Å²) in [5.41, 5.74) is 5.41. The molecule has 1 atom stereocenters. The van der Waals surface area contributed by atoms with E-state index in [1.54, 1.807) is 0 Å². The summed E-state index contributed by atoms with van der Waals surface area (Å²) in [6.07, 6.45) is 1.56. The predicted molar refractivity (Wildman–Crippen MR) is 125 cm³/mol. The van der Waals surface area contributed by atoms with E-state index in [0.717, 1.165) is 29.9 Å². The molecule has 0 aromatic heterocycles. The summed E-state index contributed by atoms with van der Waals surface area (Å²) < 4.78 is 0. The van der Waals surface area contributed by atoms with E-state index in [0.29, 0.717) is 12.5 Å². The van der Waals surface area contributed by atoms with Crippen molar-refractivity contribution in [3.8, 4) is 11.1 Å². The monoisotopic (exact) mass is 399 g/mol. The molecule has 1 saturated heterocycles. The van der Waals surface area contributed by atoms with E-state index in [2.05, 4.69) is 65.6 Å². The van der Waals surface area contributed by atoms with Crippen molar-refractivity contribution in [3.63, 3.8) is 0 Å². The van der Waals surface area contributed by atoms with E-state index in [4.69, 9.17) is 0 Å². The normalized spacial score (nSPS) is 16.1. The minimum atomic E-state index is 0.00376. The van der Waals surface area contributed by atoms with Crippen molar-refractivity contribution in [1.82, 2.24) is 4.90 Å². The van der Waals surface area contributed by atoms with Gasteiger partial charge < -0.3 is 15.1 Å².